The SMILES string of the molecule is CN=C(NCc1cccc(COC2CCOCC2)c1)NC(C)c1cccc(Cl)c1.I. The molecule has 2 aromatic carbocycles. The van der Waals surface area contributed by atoms with E-state index in [9.17, 15) is 0 Å². The molecular weight excluding hydrogens is 513 g/mol. The van der Waals surface area contributed by atoms with Crippen LogP contribution >= 0.6 is 35.6 Å². The Labute approximate surface area is 201 Å². The Morgan fingerprint density at radius 1 is 1.17 bits per heavy atom. The third-order valence-corrected chi connectivity index (χ3v) is 5.27. The van der Waals surface area contributed by atoms with Crippen molar-refractivity contribution in [3.63, 3.8) is 0 Å². The van der Waals surface area contributed by atoms with Crippen molar-refractivity contribution in [2.24, 2.45) is 4.99 Å². The van der Waals surface area contributed by atoms with E-state index in [1.807, 2.05) is 18.2 Å². The third-order valence-electron chi connectivity index (χ3n) is 5.03. The molecule has 0 radical (unpaired) electrons. The van der Waals surface area contributed by atoms with E-state index in [1.165, 1.54) is 11.1 Å². The van der Waals surface area contributed by atoms with Crippen LogP contribution in [-0.2, 0) is 22.6 Å². The predicted octanol–water partition coefficient (Wildman–Crippen LogP) is 5.08. The molecule has 2 N–H and O–H groups in total. The van der Waals surface area contributed by atoms with Crippen LogP contribution in [0.3, 0.4) is 0 Å². The summed E-state index contributed by atoms with van der Waals surface area (Å²) in [7, 11) is 1.78. The number of nitrogens with one attached hydrogen (secondary N) is 2. The largest absolute Gasteiger partial charge is 0.381 e. The number of hydrogen-bond acceptors (Lipinski definition) is 3. The monoisotopic (exact) mass is 543 g/mol. The predicted molar refractivity (Wildman–Crippen MR) is 134 cm³/mol. The van der Waals surface area contributed by atoms with Crippen molar-refractivity contribution >= 4 is 41.5 Å². The summed E-state index contributed by atoms with van der Waals surface area (Å²) < 4.78 is 11.4. The fraction of sp³-hybridized carbons (Fsp3) is 0.435. The third kappa shape index (κ3) is 8.06. The van der Waals surface area contributed by atoms with Crippen LogP contribution in [0.4, 0.5) is 0 Å². The van der Waals surface area contributed by atoms with Gasteiger partial charge in [-0.25, -0.2) is 0 Å². The molecule has 0 aliphatic carbocycles. The lowest BCUT2D eigenvalue weighted by atomic mass is 10.1. The summed E-state index contributed by atoms with van der Waals surface area (Å²) in [6.45, 7) is 5.01. The average Bonchev–Trinajstić information content (AvgIpc) is 2.76. The van der Waals surface area contributed by atoms with Crippen LogP contribution in [0.15, 0.2) is 53.5 Å². The number of guanidine groups is 1. The summed E-state index contributed by atoms with van der Waals surface area (Å²) >= 11 is 6.10. The summed E-state index contributed by atoms with van der Waals surface area (Å²) in [6, 6.07) is 16.4. The van der Waals surface area contributed by atoms with Crippen molar-refractivity contribution in [1.29, 1.82) is 0 Å². The molecule has 7 heteroatoms. The Bertz CT molecular complexity index is 813. The fourth-order valence-corrected chi connectivity index (χ4v) is 3.53. The van der Waals surface area contributed by atoms with Gasteiger partial charge in [0, 0.05) is 31.8 Å². The summed E-state index contributed by atoms with van der Waals surface area (Å²) in [5.74, 6) is 0.751. The molecular formula is C23H31ClIN3O2. The number of nitrogens with zero attached hydrogens (tertiary/aromatic N) is 1. The summed E-state index contributed by atoms with van der Waals surface area (Å²) in [4.78, 5) is 4.34. The van der Waals surface area contributed by atoms with Crippen LogP contribution in [-0.4, -0.2) is 32.3 Å². The minimum atomic E-state index is 0. The van der Waals surface area contributed by atoms with Crippen molar-refractivity contribution < 1.29 is 9.47 Å². The van der Waals surface area contributed by atoms with Gasteiger partial charge in [0.1, 0.15) is 0 Å². The molecule has 1 unspecified atom stereocenters. The summed E-state index contributed by atoms with van der Waals surface area (Å²) in [5.41, 5.74) is 3.50. The van der Waals surface area contributed by atoms with Crippen LogP contribution in [0.2, 0.25) is 5.02 Å². The van der Waals surface area contributed by atoms with E-state index < -0.39 is 0 Å². The molecule has 1 saturated heterocycles. The maximum atomic E-state index is 6.10. The first-order valence-corrected chi connectivity index (χ1v) is 10.5. The molecule has 1 aliphatic rings. The van der Waals surface area contributed by atoms with Crippen molar-refractivity contribution in [3.8, 4) is 0 Å². The molecule has 0 aromatic heterocycles. The second-order valence-electron chi connectivity index (χ2n) is 7.29. The highest BCUT2D eigenvalue weighted by molar-refractivity contribution is 14.0. The standard InChI is InChI=1S/C23H30ClN3O2.HI/c1-17(20-7-4-8-21(24)14-20)27-23(25-2)26-15-18-5-3-6-19(13-18)16-29-22-9-11-28-12-10-22;/h3-8,13-14,17,22H,9-12,15-16H2,1-2H3,(H2,25,26,27);1H. The lowest BCUT2D eigenvalue weighted by Gasteiger charge is -2.22. The van der Waals surface area contributed by atoms with Crippen molar-refractivity contribution in [1.82, 2.24) is 10.6 Å². The first-order valence-electron chi connectivity index (χ1n) is 10.1. The van der Waals surface area contributed by atoms with E-state index in [4.69, 9.17) is 21.1 Å². The van der Waals surface area contributed by atoms with Crippen LogP contribution < -0.4 is 10.6 Å². The van der Waals surface area contributed by atoms with Gasteiger partial charge in [-0.05, 0) is 48.6 Å². The van der Waals surface area contributed by atoms with E-state index in [2.05, 4.69) is 52.9 Å². The zero-order valence-electron chi connectivity index (χ0n) is 17.6. The quantitative estimate of drug-likeness (QED) is 0.291. The maximum absolute atomic E-state index is 6.10. The highest BCUT2D eigenvalue weighted by Crippen LogP contribution is 2.17. The normalized spacial score (nSPS) is 15.9. The van der Waals surface area contributed by atoms with Gasteiger partial charge >= 0.3 is 0 Å². The van der Waals surface area contributed by atoms with E-state index in [-0.39, 0.29) is 30.0 Å². The molecule has 1 atom stereocenters. The molecule has 0 saturated carbocycles. The van der Waals surface area contributed by atoms with E-state index in [0.717, 1.165) is 42.6 Å². The molecule has 1 aliphatic heterocycles. The smallest absolute Gasteiger partial charge is 0.191 e. The fourth-order valence-electron chi connectivity index (χ4n) is 3.33. The second-order valence-corrected chi connectivity index (χ2v) is 7.73. The van der Waals surface area contributed by atoms with Crippen LogP contribution in [0.1, 0.15) is 42.5 Å². The highest BCUT2D eigenvalue weighted by Gasteiger charge is 2.14. The molecule has 3 rings (SSSR count). The molecule has 1 fully saturated rings. The van der Waals surface area contributed by atoms with Gasteiger partial charge in [-0.15, -0.1) is 24.0 Å². The molecule has 0 spiro atoms. The lowest BCUT2D eigenvalue weighted by Crippen LogP contribution is -2.38. The van der Waals surface area contributed by atoms with Gasteiger partial charge < -0.3 is 20.1 Å². The first-order chi connectivity index (χ1) is 14.1. The Morgan fingerprint density at radius 2 is 1.90 bits per heavy atom. The van der Waals surface area contributed by atoms with Crippen LogP contribution in [0.25, 0.3) is 0 Å². The van der Waals surface area contributed by atoms with E-state index in [1.54, 1.807) is 7.05 Å². The molecule has 1 heterocycles. The number of benzene rings is 2. The maximum Gasteiger partial charge on any atom is 0.191 e. The molecule has 0 bridgehead atoms. The Hall–Kier alpha value is -1.35. The van der Waals surface area contributed by atoms with E-state index >= 15 is 0 Å². The van der Waals surface area contributed by atoms with Gasteiger partial charge in [0.05, 0.1) is 18.8 Å². The van der Waals surface area contributed by atoms with Gasteiger partial charge in [0.2, 0.25) is 0 Å². The molecule has 0 amide bonds. The number of ether oxygens (including phenoxy) is 2. The first kappa shape index (κ1) is 24.9. The summed E-state index contributed by atoms with van der Waals surface area (Å²) in [5, 5.41) is 7.52. The molecule has 30 heavy (non-hydrogen) atoms. The lowest BCUT2D eigenvalue weighted by molar-refractivity contribution is -0.0390. The zero-order valence-corrected chi connectivity index (χ0v) is 20.7. The molecule has 164 valence electrons. The van der Waals surface area contributed by atoms with Crippen molar-refractivity contribution in [2.45, 2.75) is 45.1 Å². The minimum Gasteiger partial charge on any atom is -0.381 e. The Kier molecular flexibility index (Phi) is 10.9. The van der Waals surface area contributed by atoms with Crippen LogP contribution in [0.5, 0.6) is 0 Å². The zero-order chi connectivity index (χ0) is 20.5. The van der Waals surface area contributed by atoms with E-state index in [0.29, 0.717) is 19.3 Å². The van der Waals surface area contributed by atoms with Gasteiger partial charge in [-0.3, -0.25) is 4.99 Å². The minimum absolute atomic E-state index is 0. The molecule has 5 nitrogen and oxygen atoms in total. The second kappa shape index (κ2) is 13.1. The van der Waals surface area contributed by atoms with Gasteiger partial charge in [0.15, 0.2) is 5.96 Å². The van der Waals surface area contributed by atoms with Crippen molar-refractivity contribution in [2.75, 3.05) is 20.3 Å². The number of rotatable bonds is 7. The van der Waals surface area contributed by atoms with Crippen LogP contribution in [0, 0.1) is 0 Å². The highest BCUT2D eigenvalue weighted by atomic mass is 127. The van der Waals surface area contributed by atoms with Crippen molar-refractivity contribution in [3.05, 3.63) is 70.2 Å². The topological polar surface area (TPSA) is 54.9 Å². The van der Waals surface area contributed by atoms with Gasteiger partial charge in [-0.2, -0.15) is 0 Å². The number of hydrogen-bond donors (Lipinski definition) is 2. The number of aliphatic imine (C=N–C) groups is 1. The number of halogens is 2. The van der Waals surface area contributed by atoms with Gasteiger partial charge in [-0.1, -0.05) is 48.0 Å². The Balaban J connectivity index is 0.00000320. The van der Waals surface area contributed by atoms with Gasteiger partial charge in [0.25, 0.3) is 0 Å². The molecule has 2 aromatic rings. The Morgan fingerprint density at radius 3 is 2.63 bits per heavy atom. The summed E-state index contributed by atoms with van der Waals surface area (Å²) in [6.07, 6.45) is 2.27. The average molecular weight is 544 g/mol.